The number of rotatable bonds is 2. The first-order chi connectivity index (χ1) is 12.5. The molecule has 2 aromatic rings. The van der Waals surface area contributed by atoms with Crippen LogP contribution in [0.5, 0.6) is 5.75 Å². The molecule has 2 aliphatic rings. The Morgan fingerprint density at radius 1 is 1.08 bits per heavy atom. The molecule has 0 amide bonds. The maximum Gasteiger partial charge on any atom is 0.336 e. The summed E-state index contributed by atoms with van der Waals surface area (Å²) in [4.78, 5) is 25.6. The average Bonchev–Trinajstić information content (AvgIpc) is 2.93. The average molecular weight is 347 g/mol. The van der Waals surface area contributed by atoms with E-state index in [2.05, 4.69) is 5.32 Å². The van der Waals surface area contributed by atoms with Crippen LogP contribution >= 0.6 is 0 Å². The van der Waals surface area contributed by atoms with Gasteiger partial charge in [0.25, 0.3) is 0 Å². The molecule has 1 aliphatic carbocycles. The van der Waals surface area contributed by atoms with E-state index in [0.717, 1.165) is 16.8 Å². The lowest BCUT2D eigenvalue weighted by Gasteiger charge is -2.29. The van der Waals surface area contributed by atoms with Gasteiger partial charge in [-0.05, 0) is 24.6 Å². The van der Waals surface area contributed by atoms with Gasteiger partial charge >= 0.3 is 5.97 Å². The van der Waals surface area contributed by atoms with Crippen molar-refractivity contribution in [1.82, 2.24) is 5.32 Å². The predicted octanol–water partition coefficient (Wildman–Crippen LogP) is 3.13. The molecule has 0 fully saturated rings. The summed E-state index contributed by atoms with van der Waals surface area (Å²) in [5, 5.41) is 12.8. The van der Waals surface area contributed by atoms with Crippen molar-refractivity contribution >= 4 is 17.4 Å². The van der Waals surface area contributed by atoms with Crippen LogP contribution in [0, 0.1) is 0 Å². The van der Waals surface area contributed by atoms with Crippen molar-refractivity contribution in [2.24, 2.45) is 0 Å². The molecule has 4 rings (SSSR count). The van der Waals surface area contributed by atoms with E-state index in [9.17, 15) is 14.7 Å². The van der Waals surface area contributed by atoms with E-state index in [1.807, 2.05) is 18.2 Å². The van der Waals surface area contributed by atoms with Gasteiger partial charge < -0.3 is 15.2 Å². The third-order valence-electron chi connectivity index (χ3n) is 4.88. The Balaban J connectivity index is 1.95. The van der Waals surface area contributed by atoms with Gasteiger partial charge in [0, 0.05) is 28.3 Å². The zero-order valence-electron chi connectivity index (χ0n) is 14.4. The zero-order chi connectivity index (χ0) is 18.4. The Kier molecular flexibility index (Phi) is 3.65. The Bertz CT molecular complexity index is 999. The van der Waals surface area contributed by atoms with E-state index in [1.54, 1.807) is 37.3 Å². The number of esters is 1. The van der Waals surface area contributed by atoms with E-state index >= 15 is 0 Å². The van der Waals surface area contributed by atoms with Crippen LogP contribution in [-0.2, 0) is 9.53 Å². The van der Waals surface area contributed by atoms with Crippen molar-refractivity contribution in [3.05, 3.63) is 82.1 Å². The molecule has 0 saturated heterocycles. The fourth-order valence-corrected chi connectivity index (χ4v) is 3.71. The zero-order valence-corrected chi connectivity index (χ0v) is 14.4. The second kappa shape index (κ2) is 5.88. The molecule has 0 spiro atoms. The summed E-state index contributed by atoms with van der Waals surface area (Å²) in [5.41, 5.74) is 4.51. The fraction of sp³-hybridized carbons (Fsp3) is 0.143. The fourth-order valence-electron chi connectivity index (χ4n) is 3.71. The van der Waals surface area contributed by atoms with E-state index < -0.39 is 11.9 Å². The molecule has 1 unspecified atom stereocenters. The van der Waals surface area contributed by atoms with Crippen LogP contribution < -0.4 is 5.32 Å². The number of carbonyl (C=O) groups excluding carboxylic acids is 2. The Labute approximate surface area is 150 Å². The Hall–Kier alpha value is -3.34. The van der Waals surface area contributed by atoms with Gasteiger partial charge in [-0.2, -0.15) is 0 Å². The lowest BCUT2D eigenvalue weighted by atomic mass is 9.80. The van der Waals surface area contributed by atoms with Gasteiger partial charge in [0.1, 0.15) is 5.75 Å². The number of phenolic OH excluding ortho intramolecular Hbond substituents is 1. The second-order valence-corrected chi connectivity index (χ2v) is 6.34. The number of hydrogen-bond acceptors (Lipinski definition) is 5. The summed E-state index contributed by atoms with van der Waals surface area (Å²) >= 11 is 0. The highest BCUT2D eigenvalue weighted by Gasteiger charge is 2.42. The highest BCUT2D eigenvalue weighted by Crippen LogP contribution is 2.46. The molecular formula is C21H17NO4. The van der Waals surface area contributed by atoms with Crippen LogP contribution in [0.15, 0.2) is 65.4 Å². The molecular weight excluding hydrogens is 330 g/mol. The second-order valence-electron chi connectivity index (χ2n) is 6.34. The number of Topliss-reactive ketones (excluding diaryl/α,β-unsaturated/α-hetero) is 1. The van der Waals surface area contributed by atoms with Gasteiger partial charge in [0.15, 0.2) is 5.78 Å². The highest BCUT2D eigenvalue weighted by atomic mass is 16.5. The number of phenols is 1. The quantitative estimate of drug-likeness (QED) is 0.817. The summed E-state index contributed by atoms with van der Waals surface area (Å²) in [5.74, 6) is -1.02. The predicted molar refractivity (Wildman–Crippen MR) is 96.4 cm³/mol. The number of methoxy groups -OCH3 is 1. The first-order valence-electron chi connectivity index (χ1n) is 8.26. The van der Waals surface area contributed by atoms with Crippen LogP contribution in [-0.4, -0.2) is 24.0 Å². The normalized spacial score (nSPS) is 18.4. The molecule has 0 saturated carbocycles. The number of ketones is 1. The summed E-state index contributed by atoms with van der Waals surface area (Å²) in [7, 11) is 1.33. The van der Waals surface area contributed by atoms with Crippen LogP contribution in [0.2, 0.25) is 0 Å². The molecule has 1 heterocycles. The molecule has 0 radical (unpaired) electrons. The topological polar surface area (TPSA) is 75.6 Å². The van der Waals surface area contributed by atoms with Gasteiger partial charge in [-0.15, -0.1) is 0 Å². The summed E-state index contributed by atoms with van der Waals surface area (Å²) in [6.45, 7) is 1.80. The maximum atomic E-state index is 13.1. The minimum atomic E-state index is -0.556. The smallest absolute Gasteiger partial charge is 0.336 e. The number of dihydropyridines is 1. The van der Waals surface area contributed by atoms with Crippen molar-refractivity contribution in [2.45, 2.75) is 12.8 Å². The van der Waals surface area contributed by atoms with Crippen LogP contribution in [0.4, 0.5) is 0 Å². The minimum Gasteiger partial charge on any atom is -0.508 e. The largest absolute Gasteiger partial charge is 0.508 e. The number of aromatic hydroxyl groups is 1. The molecule has 5 nitrogen and oxygen atoms in total. The number of fused-ring (bicyclic) bond motifs is 2. The van der Waals surface area contributed by atoms with Crippen molar-refractivity contribution in [1.29, 1.82) is 0 Å². The molecule has 0 aromatic heterocycles. The van der Waals surface area contributed by atoms with Crippen molar-refractivity contribution < 1.29 is 19.4 Å². The Morgan fingerprint density at radius 2 is 1.73 bits per heavy atom. The number of carbonyl (C=O) groups is 2. The molecule has 1 aliphatic heterocycles. The number of hydrogen-bond donors (Lipinski definition) is 2. The van der Waals surface area contributed by atoms with Gasteiger partial charge in [-0.3, -0.25) is 4.79 Å². The summed E-state index contributed by atoms with van der Waals surface area (Å²) < 4.78 is 4.98. The summed E-state index contributed by atoms with van der Waals surface area (Å²) in [6, 6.07) is 13.9. The molecule has 26 heavy (non-hydrogen) atoms. The number of nitrogens with one attached hydrogen (secondary N) is 1. The van der Waals surface area contributed by atoms with Crippen LogP contribution in [0.25, 0.3) is 5.70 Å². The molecule has 5 heteroatoms. The van der Waals surface area contributed by atoms with Gasteiger partial charge in [0.05, 0.1) is 18.4 Å². The SMILES string of the molecule is COC(=O)C1=C(C)NC2=C(C(=O)c3ccccc32)C1c1ccc(O)cc1. The van der Waals surface area contributed by atoms with Crippen molar-refractivity contribution in [3.8, 4) is 5.75 Å². The van der Waals surface area contributed by atoms with E-state index in [1.165, 1.54) is 7.11 Å². The number of allylic oxidation sites excluding steroid dienone is 2. The molecule has 1 atom stereocenters. The monoisotopic (exact) mass is 347 g/mol. The first-order valence-corrected chi connectivity index (χ1v) is 8.26. The highest BCUT2D eigenvalue weighted by molar-refractivity contribution is 6.23. The standard InChI is InChI=1S/C21H17NO4/c1-11-16(21(25)26-2)17(12-7-9-13(23)10-8-12)18-19(22-11)14-5-3-4-6-15(14)20(18)24/h3-10,17,22-23H,1-2H3. The molecule has 130 valence electrons. The lowest BCUT2D eigenvalue weighted by Crippen LogP contribution is -2.29. The van der Waals surface area contributed by atoms with Crippen LogP contribution in [0.1, 0.15) is 34.3 Å². The van der Waals surface area contributed by atoms with E-state index in [-0.39, 0.29) is 11.5 Å². The van der Waals surface area contributed by atoms with E-state index in [0.29, 0.717) is 22.4 Å². The minimum absolute atomic E-state index is 0.102. The number of benzene rings is 2. The number of ether oxygens (including phenoxy) is 1. The maximum absolute atomic E-state index is 13.1. The van der Waals surface area contributed by atoms with Gasteiger partial charge in [-0.25, -0.2) is 4.79 Å². The third-order valence-corrected chi connectivity index (χ3v) is 4.88. The van der Waals surface area contributed by atoms with Crippen molar-refractivity contribution in [2.75, 3.05) is 7.11 Å². The van der Waals surface area contributed by atoms with Gasteiger partial charge in [-0.1, -0.05) is 36.4 Å². The first kappa shape index (κ1) is 16.1. The lowest BCUT2D eigenvalue weighted by molar-refractivity contribution is -0.136. The molecule has 0 bridgehead atoms. The summed E-state index contributed by atoms with van der Waals surface area (Å²) in [6.07, 6.45) is 0. The van der Waals surface area contributed by atoms with E-state index in [4.69, 9.17) is 4.74 Å². The van der Waals surface area contributed by atoms with Crippen molar-refractivity contribution in [3.63, 3.8) is 0 Å². The molecule has 2 N–H and O–H groups in total. The van der Waals surface area contributed by atoms with Gasteiger partial charge in [0.2, 0.25) is 0 Å². The third kappa shape index (κ3) is 2.24. The Morgan fingerprint density at radius 3 is 2.38 bits per heavy atom. The molecule has 2 aromatic carbocycles. The van der Waals surface area contributed by atoms with Crippen LogP contribution in [0.3, 0.4) is 0 Å².